The molecule has 3 rings (SSSR count). The van der Waals surface area contributed by atoms with E-state index in [1.807, 2.05) is 0 Å². The summed E-state index contributed by atoms with van der Waals surface area (Å²) in [6.45, 7) is 17.7. The van der Waals surface area contributed by atoms with Gasteiger partial charge in [-0.1, -0.05) is 54.0 Å². The molecule has 0 spiro atoms. The predicted octanol–water partition coefficient (Wildman–Crippen LogP) is 4.73. The number of rotatable bonds is 3. The second-order valence-corrected chi connectivity index (χ2v) is 10.4. The van der Waals surface area contributed by atoms with Gasteiger partial charge >= 0.3 is 0 Å². The number of hydrogen-bond acceptors (Lipinski definition) is 3. The van der Waals surface area contributed by atoms with E-state index in [0.717, 1.165) is 31.7 Å². The Hall–Kier alpha value is -1.06. The Balaban J connectivity index is 2.12. The fraction of sp³-hybridized carbons (Fsp3) is 0.739. The molecule has 1 aliphatic heterocycles. The topological polar surface area (TPSA) is 35.5 Å². The van der Waals surface area contributed by atoms with Crippen molar-refractivity contribution in [3.8, 4) is 5.75 Å². The zero-order valence-corrected chi connectivity index (χ0v) is 17.7. The molecule has 2 aliphatic rings. The third-order valence-corrected chi connectivity index (χ3v) is 6.27. The summed E-state index contributed by atoms with van der Waals surface area (Å²) in [6, 6.07) is 4.92. The van der Waals surface area contributed by atoms with Crippen molar-refractivity contribution in [2.24, 2.45) is 5.92 Å². The highest BCUT2D eigenvalue weighted by Crippen LogP contribution is 2.47. The first-order chi connectivity index (χ1) is 12.1. The van der Waals surface area contributed by atoms with Crippen molar-refractivity contribution in [2.75, 3.05) is 26.2 Å². The minimum absolute atomic E-state index is 0.0618. The Kier molecular flexibility index (Phi) is 5.43. The smallest absolute Gasteiger partial charge is 0.124 e. The summed E-state index contributed by atoms with van der Waals surface area (Å²) in [7, 11) is 0. The molecule has 0 radical (unpaired) electrons. The van der Waals surface area contributed by atoms with Gasteiger partial charge in [-0.2, -0.15) is 0 Å². The zero-order valence-electron chi connectivity index (χ0n) is 17.7. The summed E-state index contributed by atoms with van der Waals surface area (Å²) in [4.78, 5) is 2.62. The number of aromatic hydroxyl groups is 1. The zero-order chi connectivity index (χ0) is 19.1. The van der Waals surface area contributed by atoms with Crippen LogP contribution in [0.2, 0.25) is 0 Å². The molecule has 1 atom stereocenters. The molecule has 1 saturated heterocycles. The second kappa shape index (κ2) is 7.16. The lowest BCUT2D eigenvalue weighted by atomic mass is 9.72. The van der Waals surface area contributed by atoms with Gasteiger partial charge in [0.15, 0.2) is 0 Å². The molecule has 146 valence electrons. The molecule has 2 N–H and O–H groups in total. The Bertz CT molecular complexity index is 629. The maximum Gasteiger partial charge on any atom is 0.124 e. The van der Waals surface area contributed by atoms with E-state index in [-0.39, 0.29) is 10.8 Å². The quantitative estimate of drug-likeness (QED) is 0.820. The fourth-order valence-electron chi connectivity index (χ4n) is 4.35. The van der Waals surface area contributed by atoms with Crippen molar-refractivity contribution in [1.29, 1.82) is 0 Å². The molecule has 0 unspecified atom stereocenters. The van der Waals surface area contributed by atoms with Gasteiger partial charge in [-0.05, 0) is 46.8 Å². The van der Waals surface area contributed by atoms with Crippen LogP contribution in [0.15, 0.2) is 12.1 Å². The van der Waals surface area contributed by atoms with E-state index in [1.165, 1.54) is 30.4 Å². The first-order valence-corrected chi connectivity index (χ1v) is 10.4. The third-order valence-electron chi connectivity index (χ3n) is 6.27. The number of phenols is 1. The van der Waals surface area contributed by atoms with E-state index >= 15 is 0 Å². The largest absolute Gasteiger partial charge is 0.507 e. The van der Waals surface area contributed by atoms with Crippen LogP contribution in [0.1, 0.15) is 83.5 Å². The molecule has 3 heteroatoms. The van der Waals surface area contributed by atoms with Gasteiger partial charge in [-0.15, -0.1) is 0 Å². The number of nitrogens with one attached hydrogen (secondary N) is 1. The molecular formula is C23H38N2O. The molecule has 2 fully saturated rings. The summed E-state index contributed by atoms with van der Waals surface area (Å²) in [5, 5.41) is 14.8. The first-order valence-electron chi connectivity index (χ1n) is 10.4. The number of benzene rings is 1. The Morgan fingerprint density at radius 2 is 1.62 bits per heavy atom. The SMILES string of the molecule is CC(C)(C)c1cc([C@@H](C2CCC2)N2CCNCC2)c(O)c(C(C)(C)C)c1. The normalized spacial score (nSPS) is 21.5. The molecular weight excluding hydrogens is 320 g/mol. The van der Waals surface area contributed by atoms with Gasteiger partial charge in [0.1, 0.15) is 5.75 Å². The van der Waals surface area contributed by atoms with Gasteiger partial charge in [-0.25, -0.2) is 0 Å². The van der Waals surface area contributed by atoms with Crippen LogP contribution in [0.3, 0.4) is 0 Å². The van der Waals surface area contributed by atoms with Crippen molar-refractivity contribution < 1.29 is 5.11 Å². The average molecular weight is 359 g/mol. The molecule has 1 heterocycles. The van der Waals surface area contributed by atoms with Gasteiger partial charge in [0.05, 0.1) is 0 Å². The van der Waals surface area contributed by atoms with Gasteiger partial charge in [0.25, 0.3) is 0 Å². The van der Waals surface area contributed by atoms with Crippen LogP contribution in [-0.4, -0.2) is 36.2 Å². The molecule has 1 aliphatic carbocycles. The number of piperazine rings is 1. The monoisotopic (exact) mass is 358 g/mol. The van der Waals surface area contributed by atoms with Gasteiger partial charge < -0.3 is 10.4 Å². The average Bonchev–Trinajstić information content (AvgIpc) is 2.50. The Morgan fingerprint density at radius 1 is 1.00 bits per heavy atom. The minimum atomic E-state index is -0.0618. The van der Waals surface area contributed by atoms with Crippen LogP contribution in [0.5, 0.6) is 5.75 Å². The lowest BCUT2D eigenvalue weighted by Crippen LogP contribution is -2.48. The van der Waals surface area contributed by atoms with Crippen molar-refractivity contribution in [2.45, 2.75) is 77.7 Å². The summed E-state index contributed by atoms with van der Waals surface area (Å²) in [6.07, 6.45) is 3.91. The van der Waals surface area contributed by atoms with Crippen LogP contribution in [-0.2, 0) is 10.8 Å². The Labute approximate surface area is 160 Å². The van der Waals surface area contributed by atoms with Crippen LogP contribution < -0.4 is 5.32 Å². The summed E-state index contributed by atoms with van der Waals surface area (Å²) < 4.78 is 0. The molecule has 1 saturated carbocycles. The summed E-state index contributed by atoms with van der Waals surface area (Å²) in [5.41, 5.74) is 3.63. The van der Waals surface area contributed by atoms with Crippen LogP contribution >= 0.6 is 0 Å². The van der Waals surface area contributed by atoms with Crippen molar-refractivity contribution in [3.63, 3.8) is 0 Å². The third kappa shape index (κ3) is 3.94. The molecule has 26 heavy (non-hydrogen) atoms. The first kappa shape index (κ1) is 19.7. The predicted molar refractivity (Wildman–Crippen MR) is 110 cm³/mol. The van der Waals surface area contributed by atoms with Crippen molar-refractivity contribution in [3.05, 3.63) is 28.8 Å². The summed E-state index contributed by atoms with van der Waals surface area (Å²) >= 11 is 0. The maximum absolute atomic E-state index is 11.3. The van der Waals surface area contributed by atoms with E-state index in [1.54, 1.807) is 0 Å². The van der Waals surface area contributed by atoms with E-state index in [4.69, 9.17) is 0 Å². The van der Waals surface area contributed by atoms with Gasteiger partial charge in [-0.3, -0.25) is 4.90 Å². The van der Waals surface area contributed by atoms with E-state index in [0.29, 0.717) is 17.7 Å². The molecule has 3 nitrogen and oxygen atoms in total. The highest BCUT2D eigenvalue weighted by Gasteiger charge is 2.37. The molecule has 1 aromatic carbocycles. The highest BCUT2D eigenvalue weighted by atomic mass is 16.3. The fourth-order valence-corrected chi connectivity index (χ4v) is 4.35. The van der Waals surface area contributed by atoms with E-state index in [9.17, 15) is 5.11 Å². The maximum atomic E-state index is 11.3. The lowest BCUT2D eigenvalue weighted by Gasteiger charge is -2.44. The van der Waals surface area contributed by atoms with Crippen molar-refractivity contribution in [1.82, 2.24) is 10.2 Å². The highest BCUT2D eigenvalue weighted by molar-refractivity contribution is 5.50. The van der Waals surface area contributed by atoms with Crippen LogP contribution in [0, 0.1) is 5.92 Å². The van der Waals surface area contributed by atoms with Crippen LogP contribution in [0.4, 0.5) is 0 Å². The molecule has 0 aromatic heterocycles. The summed E-state index contributed by atoms with van der Waals surface area (Å²) in [5.74, 6) is 1.22. The standard InChI is InChI=1S/C23H38N2O/c1-22(2,3)17-14-18(21(26)19(15-17)23(4,5)6)20(16-8-7-9-16)25-12-10-24-11-13-25/h14-16,20,24,26H,7-13H2,1-6H3/t20-/m1/s1. The van der Waals surface area contributed by atoms with E-state index in [2.05, 4.69) is 63.9 Å². The van der Waals surface area contributed by atoms with Gasteiger partial charge in [0, 0.05) is 37.8 Å². The number of hydrogen-bond donors (Lipinski definition) is 2. The second-order valence-electron chi connectivity index (χ2n) is 10.4. The van der Waals surface area contributed by atoms with Crippen molar-refractivity contribution >= 4 is 0 Å². The molecule has 1 aromatic rings. The lowest BCUT2D eigenvalue weighted by molar-refractivity contribution is 0.0816. The number of phenolic OH excluding ortho intramolecular Hbond substituents is 1. The number of nitrogens with zero attached hydrogens (tertiary/aromatic N) is 1. The Morgan fingerprint density at radius 3 is 2.08 bits per heavy atom. The van der Waals surface area contributed by atoms with Gasteiger partial charge in [0.2, 0.25) is 0 Å². The molecule has 0 amide bonds. The van der Waals surface area contributed by atoms with E-state index < -0.39 is 0 Å². The van der Waals surface area contributed by atoms with Crippen LogP contribution in [0.25, 0.3) is 0 Å². The molecule has 0 bridgehead atoms. The minimum Gasteiger partial charge on any atom is -0.507 e.